The molecule has 0 bridgehead atoms. The summed E-state index contributed by atoms with van der Waals surface area (Å²) in [6.45, 7) is 2.95. The van der Waals surface area contributed by atoms with E-state index in [0.717, 1.165) is 25.1 Å². The second-order valence-corrected chi connectivity index (χ2v) is 7.18. The molecule has 0 radical (unpaired) electrons. The van der Waals surface area contributed by atoms with Gasteiger partial charge in [0.15, 0.2) is 11.5 Å². The summed E-state index contributed by atoms with van der Waals surface area (Å²) in [6, 6.07) is 14.3. The lowest BCUT2D eigenvalue weighted by atomic mass is 10.1. The molecule has 1 N–H and O–H groups in total. The van der Waals surface area contributed by atoms with E-state index in [0.29, 0.717) is 24.5 Å². The van der Waals surface area contributed by atoms with Crippen LogP contribution in [0.4, 0.5) is 5.69 Å². The molecule has 0 aromatic heterocycles. The number of hydrogen-bond donors (Lipinski definition) is 1. The average molecular weight is 383 g/mol. The number of amides is 1. The largest absolute Gasteiger partial charge is 0.493 e. The molecule has 1 aliphatic rings. The number of piperidine rings is 1. The Kier molecular flexibility index (Phi) is 7.18. The highest BCUT2D eigenvalue weighted by Crippen LogP contribution is 2.27. The number of carbonyl (C=O) groups is 1. The fourth-order valence-electron chi connectivity index (χ4n) is 3.61. The molecule has 0 aliphatic carbocycles. The molecule has 5 nitrogen and oxygen atoms in total. The van der Waals surface area contributed by atoms with Crippen LogP contribution < -0.4 is 19.7 Å². The Morgan fingerprint density at radius 3 is 2.29 bits per heavy atom. The molecular formula is C23H30N2O3. The van der Waals surface area contributed by atoms with Gasteiger partial charge in [-0.15, -0.1) is 0 Å². The third-order valence-corrected chi connectivity index (χ3v) is 5.21. The number of carbonyl (C=O) groups excluding carboxylic acids is 1. The summed E-state index contributed by atoms with van der Waals surface area (Å²) in [5.41, 5.74) is 3.45. The summed E-state index contributed by atoms with van der Waals surface area (Å²) in [4.78, 5) is 14.7. The zero-order chi connectivity index (χ0) is 19.8. The molecule has 0 spiro atoms. The van der Waals surface area contributed by atoms with E-state index in [2.05, 4.69) is 34.5 Å². The van der Waals surface area contributed by atoms with Crippen LogP contribution in [0.1, 0.15) is 30.4 Å². The van der Waals surface area contributed by atoms with Gasteiger partial charge in [0.25, 0.3) is 0 Å². The zero-order valence-electron chi connectivity index (χ0n) is 16.9. The smallest absolute Gasteiger partial charge is 0.224 e. The summed E-state index contributed by atoms with van der Waals surface area (Å²) in [7, 11) is 3.20. The molecule has 0 atom stereocenters. The van der Waals surface area contributed by atoms with Crippen molar-refractivity contribution in [3.8, 4) is 11.5 Å². The van der Waals surface area contributed by atoms with Crippen LogP contribution in [0.15, 0.2) is 42.5 Å². The maximum atomic E-state index is 12.2. The Hall–Kier alpha value is -2.69. The molecule has 150 valence electrons. The Morgan fingerprint density at radius 2 is 1.61 bits per heavy atom. The number of ether oxygens (including phenoxy) is 2. The average Bonchev–Trinajstić information content (AvgIpc) is 2.74. The van der Waals surface area contributed by atoms with Crippen molar-refractivity contribution in [3.05, 3.63) is 53.6 Å². The minimum atomic E-state index is 0.0113. The van der Waals surface area contributed by atoms with Gasteiger partial charge in [-0.05, 0) is 61.1 Å². The Labute approximate surface area is 167 Å². The minimum Gasteiger partial charge on any atom is -0.493 e. The Morgan fingerprint density at radius 1 is 0.929 bits per heavy atom. The van der Waals surface area contributed by atoms with Crippen LogP contribution in [0.25, 0.3) is 0 Å². The molecule has 1 fully saturated rings. The fourth-order valence-corrected chi connectivity index (χ4v) is 3.61. The number of benzene rings is 2. The number of hydrogen-bond acceptors (Lipinski definition) is 4. The van der Waals surface area contributed by atoms with Crippen molar-refractivity contribution < 1.29 is 14.3 Å². The van der Waals surface area contributed by atoms with Gasteiger partial charge in [-0.1, -0.05) is 18.2 Å². The van der Waals surface area contributed by atoms with E-state index in [1.165, 1.54) is 30.5 Å². The molecule has 2 aromatic carbocycles. The topological polar surface area (TPSA) is 50.8 Å². The van der Waals surface area contributed by atoms with Crippen molar-refractivity contribution >= 4 is 11.6 Å². The number of nitrogens with one attached hydrogen (secondary N) is 1. The molecule has 28 heavy (non-hydrogen) atoms. The van der Waals surface area contributed by atoms with Crippen molar-refractivity contribution in [2.75, 3.05) is 38.8 Å². The van der Waals surface area contributed by atoms with Gasteiger partial charge in [-0.3, -0.25) is 4.79 Å². The zero-order valence-corrected chi connectivity index (χ0v) is 16.9. The Balaban J connectivity index is 1.45. The predicted octanol–water partition coefficient (Wildman–Crippen LogP) is 3.60. The molecule has 1 heterocycles. The first-order valence-electron chi connectivity index (χ1n) is 10.0. The van der Waals surface area contributed by atoms with Crippen LogP contribution in [0, 0.1) is 0 Å². The van der Waals surface area contributed by atoms with Gasteiger partial charge in [0.2, 0.25) is 5.91 Å². The molecule has 0 saturated carbocycles. The molecule has 0 unspecified atom stereocenters. The number of nitrogens with zero attached hydrogens (tertiary/aromatic N) is 1. The molecule has 1 amide bonds. The first kappa shape index (κ1) is 20.1. The van der Waals surface area contributed by atoms with Crippen LogP contribution in [0.5, 0.6) is 11.5 Å². The van der Waals surface area contributed by atoms with Crippen LogP contribution in [0.3, 0.4) is 0 Å². The van der Waals surface area contributed by atoms with E-state index in [-0.39, 0.29) is 5.91 Å². The molecule has 3 rings (SSSR count). The van der Waals surface area contributed by atoms with Gasteiger partial charge in [0, 0.05) is 25.3 Å². The number of methoxy groups -OCH3 is 2. The van der Waals surface area contributed by atoms with Crippen molar-refractivity contribution in [2.24, 2.45) is 0 Å². The minimum absolute atomic E-state index is 0.0113. The highest BCUT2D eigenvalue weighted by Gasteiger charge is 2.11. The van der Waals surface area contributed by atoms with E-state index in [9.17, 15) is 4.79 Å². The lowest BCUT2D eigenvalue weighted by molar-refractivity contribution is -0.120. The second kappa shape index (κ2) is 10.0. The lowest BCUT2D eigenvalue weighted by Gasteiger charge is -2.28. The maximum absolute atomic E-state index is 12.2. The van der Waals surface area contributed by atoms with E-state index in [4.69, 9.17) is 9.47 Å². The molecule has 5 heteroatoms. The van der Waals surface area contributed by atoms with E-state index >= 15 is 0 Å². The third kappa shape index (κ3) is 5.41. The second-order valence-electron chi connectivity index (χ2n) is 7.18. The van der Waals surface area contributed by atoms with Gasteiger partial charge in [0.05, 0.1) is 20.6 Å². The quantitative estimate of drug-likeness (QED) is 0.758. The van der Waals surface area contributed by atoms with Crippen LogP contribution >= 0.6 is 0 Å². The van der Waals surface area contributed by atoms with Crippen LogP contribution in [0.2, 0.25) is 0 Å². The van der Waals surface area contributed by atoms with Gasteiger partial charge in [0.1, 0.15) is 0 Å². The SMILES string of the molecule is COc1ccc(CC(=O)NCCc2ccc(N3CCCCC3)cc2)cc1OC. The molecular weight excluding hydrogens is 352 g/mol. The fraction of sp³-hybridized carbons (Fsp3) is 0.435. The standard InChI is InChI=1S/C23H30N2O3/c1-27-21-11-8-19(16-22(21)28-2)17-23(26)24-13-12-18-6-9-20(10-7-18)25-14-4-3-5-15-25/h6-11,16H,3-5,12-15,17H2,1-2H3,(H,24,26). The third-order valence-electron chi connectivity index (χ3n) is 5.21. The summed E-state index contributed by atoms with van der Waals surface area (Å²) in [6.07, 6.45) is 5.07. The van der Waals surface area contributed by atoms with Crippen molar-refractivity contribution in [1.29, 1.82) is 0 Å². The maximum Gasteiger partial charge on any atom is 0.224 e. The van der Waals surface area contributed by atoms with Gasteiger partial charge >= 0.3 is 0 Å². The molecule has 1 saturated heterocycles. The van der Waals surface area contributed by atoms with Crippen molar-refractivity contribution in [2.45, 2.75) is 32.1 Å². The first-order valence-corrected chi connectivity index (χ1v) is 10.0. The number of anilines is 1. The molecule has 1 aliphatic heterocycles. The van der Waals surface area contributed by atoms with Crippen LogP contribution in [-0.4, -0.2) is 39.8 Å². The lowest BCUT2D eigenvalue weighted by Crippen LogP contribution is -2.29. The van der Waals surface area contributed by atoms with E-state index < -0.39 is 0 Å². The van der Waals surface area contributed by atoms with Crippen molar-refractivity contribution in [3.63, 3.8) is 0 Å². The van der Waals surface area contributed by atoms with Crippen LogP contribution in [-0.2, 0) is 17.6 Å². The van der Waals surface area contributed by atoms with E-state index in [1.54, 1.807) is 14.2 Å². The monoisotopic (exact) mass is 382 g/mol. The normalized spacial score (nSPS) is 13.9. The van der Waals surface area contributed by atoms with Crippen molar-refractivity contribution in [1.82, 2.24) is 5.32 Å². The van der Waals surface area contributed by atoms with Gasteiger partial charge < -0.3 is 19.7 Å². The highest BCUT2D eigenvalue weighted by molar-refractivity contribution is 5.78. The predicted molar refractivity (Wildman–Crippen MR) is 112 cm³/mol. The summed E-state index contributed by atoms with van der Waals surface area (Å²) < 4.78 is 10.5. The van der Waals surface area contributed by atoms with Gasteiger partial charge in [-0.2, -0.15) is 0 Å². The van der Waals surface area contributed by atoms with Gasteiger partial charge in [-0.25, -0.2) is 0 Å². The first-order chi connectivity index (χ1) is 13.7. The molecule has 2 aromatic rings. The summed E-state index contributed by atoms with van der Waals surface area (Å²) >= 11 is 0. The summed E-state index contributed by atoms with van der Waals surface area (Å²) in [5.74, 6) is 1.32. The van der Waals surface area contributed by atoms with E-state index in [1.807, 2.05) is 18.2 Å². The number of rotatable bonds is 8. The highest BCUT2D eigenvalue weighted by atomic mass is 16.5. The summed E-state index contributed by atoms with van der Waals surface area (Å²) in [5, 5.41) is 3.00. The Bertz CT molecular complexity index is 768.